The maximum atomic E-state index is 14.5. The van der Waals surface area contributed by atoms with E-state index in [0.717, 1.165) is 38.1 Å². The molecule has 4 rings (SSSR count). The van der Waals surface area contributed by atoms with Crippen LogP contribution >= 0.6 is 0 Å². The minimum Gasteiger partial charge on any atom is -0.366 e. The Balaban J connectivity index is 1.60. The first kappa shape index (κ1) is 18.8. The lowest BCUT2D eigenvalue weighted by Crippen LogP contribution is -2.14. The van der Waals surface area contributed by atoms with Gasteiger partial charge in [-0.2, -0.15) is 0 Å². The zero-order valence-corrected chi connectivity index (χ0v) is 15.7. The summed E-state index contributed by atoms with van der Waals surface area (Å²) in [5.41, 5.74) is 6.63. The number of carbonyl (C=O) groups is 2. The van der Waals surface area contributed by atoms with Crippen molar-refractivity contribution in [2.45, 2.75) is 32.2 Å². The number of nitrogens with two attached hydrogens (primary N) is 1. The Morgan fingerprint density at radius 3 is 2.52 bits per heavy atom. The number of halogens is 1. The molecule has 0 aliphatic carbocycles. The molecule has 7 nitrogen and oxygen atoms in total. The van der Waals surface area contributed by atoms with Gasteiger partial charge in [0, 0.05) is 29.8 Å². The van der Waals surface area contributed by atoms with E-state index in [4.69, 9.17) is 5.73 Å². The topological polar surface area (TPSA) is 103 Å². The number of carbonyl (C=O) groups excluding carboxylic acids is 2. The molecule has 0 saturated heterocycles. The van der Waals surface area contributed by atoms with Crippen molar-refractivity contribution >= 4 is 17.5 Å². The number of nitrogens with one attached hydrogen (secondary N) is 1. The van der Waals surface area contributed by atoms with E-state index in [1.165, 1.54) is 36.4 Å². The van der Waals surface area contributed by atoms with Crippen LogP contribution in [0.4, 0.5) is 10.1 Å². The summed E-state index contributed by atoms with van der Waals surface area (Å²) in [5, 5.41) is 11.2. The summed E-state index contributed by atoms with van der Waals surface area (Å²) >= 11 is 0. The summed E-state index contributed by atoms with van der Waals surface area (Å²) in [6.45, 7) is 0.750. The van der Waals surface area contributed by atoms with E-state index in [1.54, 1.807) is 6.07 Å². The van der Waals surface area contributed by atoms with Crippen molar-refractivity contribution < 1.29 is 14.0 Å². The summed E-state index contributed by atoms with van der Waals surface area (Å²) in [5.74, 6) is -0.0262. The van der Waals surface area contributed by atoms with Gasteiger partial charge >= 0.3 is 0 Å². The van der Waals surface area contributed by atoms with E-state index >= 15 is 0 Å². The number of aromatic nitrogens is 3. The fourth-order valence-corrected chi connectivity index (χ4v) is 3.45. The van der Waals surface area contributed by atoms with Gasteiger partial charge < -0.3 is 15.6 Å². The van der Waals surface area contributed by atoms with Gasteiger partial charge in [-0.25, -0.2) is 4.39 Å². The molecule has 2 heterocycles. The van der Waals surface area contributed by atoms with Gasteiger partial charge in [-0.3, -0.25) is 9.59 Å². The van der Waals surface area contributed by atoms with Crippen molar-refractivity contribution in [3.63, 3.8) is 0 Å². The Bertz CT molecular complexity index is 1080. The van der Waals surface area contributed by atoms with Gasteiger partial charge in [0.05, 0.1) is 5.56 Å². The molecule has 2 amide bonds. The summed E-state index contributed by atoms with van der Waals surface area (Å²) < 4.78 is 16.5. The molecule has 0 bridgehead atoms. The number of nitrogens with zero attached hydrogens (tertiary/aromatic N) is 3. The first-order valence-corrected chi connectivity index (χ1v) is 9.46. The number of hydrogen-bond donors (Lipinski definition) is 2. The van der Waals surface area contributed by atoms with Gasteiger partial charge in [0.15, 0.2) is 5.82 Å². The lowest BCUT2D eigenvalue weighted by Gasteiger charge is -2.11. The maximum absolute atomic E-state index is 14.5. The third-order valence-electron chi connectivity index (χ3n) is 5.01. The Morgan fingerprint density at radius 1 is 1.00 bits per heavy atom. The summed E-state index contributed by atoms with van der Waals surface area (Å²) in [6, 6.07) is 10.4. The SMILES string of the molecule is NC(=O)c1ccc(C(=O)Nc2ccc(F)c(-c3nnc4n3CCCCC4)c2)cc1. The molecule has 0 atom stereocenters. The molecule has 0 saturated carbocycles. The zero-order valence-electron chi connectivity index (χ0n) is 15.7. The number of rotatable bonds is 4. The molecule has 1 aliphatic heterocycles. The second kappa shape index (κ2) is 7.83. The van der Waals surface area contributed by atoms with Crippen LogP contribution in [-0.2, 0) is 13.0 Å². The molecular formula is C21H20FN5O2. The fraction of sp³-hybridized carbons (Fsp3) is 0.238. The van der Waals surface area contributed by atoms with Crippen molar-refractivity contribution in [3.05, 3.63) is 65.2 Å². The molecule has 0 fully saturated rings. The van der Waals surface area contributed by atoms with Crippen molar-refractivity contribution in [1.29, 1.82) is 0 Å². The summed E-state index contributed by atoms with van der Waals surface area (Å²) in [7, 11) is 0. The summed E-state index contributed by atoms with van der Waals surface area (Å²) in [4.78, 5) is 23.7. The number of primary amides is 1. The number of fused-ring (bicyclic) bond motifs is 1. The Labute approximate surface area is 166 Å². The van der Waals surface area contributed by atoms with E-state index < -0.39 is 11.7 Å². The lowest BCUT2D eigenvalue weighted by atomic mass is 10.1. The van der Waals surface area contributed by atoms with Crippen molar-refractivity contribution in [2.24, 2.45) is 5.73 Å². The zero-order chi connectivity index (χ0) is 20.4. The van der Waals surface area contributed by atoms with Crippen molar-refractivity contribution in [1.82, 2.24) is 14.8 Å². The van der Waals surface area contributed by atoms with Crippen LogP contribution in [0.2, 0.25) is 0 Å². The first-order chi connectivity index (χ1) is 14.0. The smallest absolute Gasteiger partial charge is 0.255 e. The largest absolute Gasteiger partial charge is 0.366 e. The highest BCUT2D eigenvalue weighted by Crippen LogP contribution is 2.27. The quantitative estimate of drug-likeness (QED) is 0.711. The molecule has 0 unspecified atom stereocenters. The van der Waals surface area contributed by atoms with E-state index in [1.807, 2.05) is 4.57 Å². The van der Waals surface area contributed by atoms with Gasteiger partial charge in [-0.1, -0.05) is 6.42 Å². The second-order valence-electron chi connectivity index (χ2n) is 6.99. The highest BCUT2D eigenvalue weighted by atomic mass is 19.1. The molecule has 0 radical (unpaired) electrons. The van der Waals surface area contributed by atoms with E-state index in [-0.39, 0.29) is 5.91 Å². The van der Waals surface area contributed by atoms with Gasteiger partial charge in [0.2, 0.25) is 5.91 Å². The van der Waals surface area contributed by atoms with Crippen LogP contribution in [0, 0.1) is 5.82 Å². The minimum absolute atomic E-state index is 0.299. The third kappa shape index (κ3) is 3.87. The van der Waals surface area contributed by atoms with Gasteiger partial charge in [-0.05, 0) is 55.3 Å². The highest BCUT2D eigenvalue weighted by Gasteiger charge is 2.19. The molecule has 2 aromatic carbocycles. The molecule has 3 N–H and O–H groups in total. The van der Waals surface area contributed by atoms with Crippen molar-refractivity contribution in [3.8, 4) is 11.4 Å². The molecule has 29 heavy (non-hydrogen) atoms. The molecule has 0 spiro atoms. The number of anilines is 1. The van der Waals surface area contributed by atoms with Crippen LogP contribution in [-0.4, -0.2) is 26.6 Å². The Kier molecular flexibility index (Phi) is 5.07. The van der Waals surface area contributed by atoms with Crippen LogP contribution in [0.15, 0.2) is 42.5 Å². The predicted octanol–water partition coefficient (Wildman–Crippen LogP) is 3.16. The molecule has 1 aliphatic rings. The predicted molar refractivity (Wildman–Crippen MR) is 106 cm³/mol. The van der Waals surface area contributed by atoms with Crippen LogP contribution in [0.5, 0.6) is 0 Å². The number of benzene rings is 2. The second-order valence-corrected chi connectivity index (χ2v) is 6.99. The normalized spacial score (nSPS) is 13.4. The number of hydrogen-bond acceptors (Lipinski definition) is 4. The standard InChI is InChI=1S/C21H20FN5O2/c22-17-10-9-15(24-21(29)14-7-5-13(6-8-14)19(23)28)12-16(17)20-26-25-18-4-2-1-3-11-27(18)20/h5-10,12H,1-4,11H2,(H2,23,28)(H,24,29). The van der Waals surface area contributed by atoms with E-state index in [9.17, 15) is 14.0 Å². The van der Waals surface area contributed by atoms with E-state index in [2.05, 4.69) is 15.5 Å². The van der Waals surface area contributed by atoms with Gasteiger partial charge in [-0.15, -0.1) is 10.2 Å². The van der Waals surface area contributed by atoms with Crippen molar-refractivity contribution in [2.75, 3.05) is 5.32 Å². The fourth-order valence-electron chi connectivity index (χ4n) is 3.45. The van der Waals surface area contributed by atoms with Crippen LogP contribution in [0.1, 0.15) is 45.8 Å². The number of aryl methyl sites for hydroxylation is 1. The average molecular weight is 393 g/mol. The van der Waals surface area contributed by atoms with Gasteiger partial charge in [0.25, 0.3) is 5.91 Å². The molecule has 148 valence electrons. The summed E-state index contributed by atoms with van der Waals surface area (Å²) in [6.07, 6.45) is 3.98. The molecule has 8 heteroatoms. The molecule has 3 aromatic rings. The lowest BCUT2D eigenvalue weighted by molar-refractivity contribution is 0.0995. The molecular weight excluding hydrogens is 373 g/mol. The maximum Gasteiger partial charge on any atom is 0.255 e. The van der Waals surface area contributed by atoms with Crippen LogP contribution < -0.4 is 11.1 Å². The minimum atomic E-state index is -0.562. The number of amides is 2. The van der Waals surface area contributed by atoms with Gasteiger partial charge in [0.1, 0.15) is 11.6 Å². The Hall–Kier alpha value is -3.55. The average Bonchev–Trinajstić information content (AvgIpc) is 2.97. The third-order valence-corrected chi connectivity index (χ3v) is 5.01. The highest BCUT2D eigenvalue weighted by molar-refractivity contribution is 6.05. The van der Waals surface area contributed by atoms with E-state index in [0.29, 0.717) is 28.2 Å². The van der Waals surface area contributed by atoms with Crippen LogP contribution in [0.25, 0.3) is 11.4 Å². The Morgan fingerprint density at radius 2 is 1.76 bits per heavy atom. The van der Waals surface area contributed by atoms with Crippen LogP contribution in [0.3, 0.4) is 0 Å². The monoisotopic (exact) mass is 393 g/mol. The molecule has 1 aromatic heterocycles. The first-order valence-electron chi connectivity index (χ1n) is 9.46.